The summed E-state index contributed by atoms with van der Waals surface area (Å²) in [6.45, 7) is 0. The number of para-hydroxylation sites is 2. The summed E-state index contributed by atoms with van der Waals surface area (Å²) in [6.07, 6.45) is 1.16. The van der Waals surface area contributed by atoms with Crippen LogP contribution >= 0.6 is 0 Å². The number of rotatable bonds is 1. The van der Waals surface area contributed by atoms with E-state index in [0.29, 0.717) is 11.1 Å². The minimum atomic E-state index is -0.530. The van der Waals surface area contributed by atoms with Gasteiger partial charge in [-0.3, -0.25) is 0 Å². The molecule has 0 bridgehead atoms. The van der Waals surface area contributed by atoms with Crippen molar-refractivity contribution in [1.82, 2.24) is 14.7 Å². The number of fused-ring (bicyclic) bond motifs is 1. The highest BCUT2D eigenvalue weighted by atomic mass is 16.5. The van der Waals surface area contributed by atoms with Gasteiger partial charge < -0.3 is 8.94 Å². The molecule has 6 heteroatoms. The van der Waals surface area contributed by atoms with Crippen molar-refractivity contribution in [2.45, 2.75) is 0 Å². The van der Waals surface area contributed by atoms with Crippen LogP contribution in [0.3, 0.4) is 0 Å². The van der Waals surface area contributed by atoms with Gasteiger partial charge in [-0.2, -0.15) is 4.98 Å². The summed E-state index contributed by atoms with van der Waals surface area (Å²) >= 11 is 0. The quantitative estimate of drug-likeness (QED) is 0.589. The van der Waals surface area contributed by atoms with Crippen LogP contribution in [-0.2, 0) is 0 Å². The van der Waals surface area contributed by atoms with Gasteiger partial charge in [-0.1, -0.05) is 12.1 Å². The van der Waals surface area contributed by atoms with E-state index in [1.807, 2.05) is 0 Å². The van der Waals surface area contributed by atoms with E-state index < -0.39 is 5.76 Å². The van der Waals surface area contributed by atoms with Crippen molar-refractivity contribution < 1.29 is 8.94 Å². The van der Waals surface area contributed by atoms with E-state index in [2.05, 4.69) is 14.7 Å². The van der Waals surface area contributed by atoms with Crippen molar-refractivity contribution in [2.24, 2.45) is 0 Å². The first-order chi connectivity index (χ1) is 7.36. The van der Waals surface area contributed by atoms with Gasteiger partial charge in [-0.05, 0) is 17.3 Å². The van der Waals surface area contributed by atoms with Crippen LogP contribution in [0, 0.1) is 0 Å². The maximum absolute atomic E-state index is 11.5. The summed E-state index contributed by atoms with van der Waals surface area (Å²) in [5.41, 5.74) is 1.11. The number of oxazole rings is 1. The lowest BCUT2D eigenvalue weighted by molar-refractivity contribution is 0.412. The molecule has 0 aliphatic rings. The molecule has 74 valence electrons. The van der Waals surface area contributed by atoms with Crippen LogP contribution in [0.2, 0.25) is 0 Å². The molecule has 6 nitrogen and oxygen atoms in total. The number of hydrogen-bond acceptors (Lipinski definition) is 5. The van der Waals surface area contributed by atoms with E-state index >= 15 is 0 Å². The zero-order valence-corrected chi connectivity index (χ0v) is 7.45. The molecule has 3 aromatic rings. The Morgan fingerprint density at radius 3 is 2.93 bits per heavy atom. The van der Waals surface area contributed by atoms with Crippen molar-refractivity contribution in [3.05, 3.63) is 41.2 Å². The van der Waals surface area contributed by atoms with E-state index in [4.69, 9.17) is 4.42 Å². The maximum Gasteiger partial charge on any atom is 0.427 e. The fourth-order valence-corrected chi connectivity index (χ4v) is 1.42. The Morgan fingerprint density at radius 2 is 2.13 bits per heavy atom. The van der Waals surface area contributed by atoms with Crippen LogP contribution < -0.4 is 5.76 Å². The van der Waals surface area contributed by atoms with Gasteiger partial charge in [0.05, 0.1) is 5.52 Å². The maximum atomic E-state index is 11.5. The Kier molecular flexibility index (Phi) is 1.49. The zero-order valence-electron chi connectivity index (χ0n) is 7.45. The summed E-state index contributed by atoms with van der Waals surface area (Å²) in [5, 5.41) is 3.59. The number of nitrogens with zero attached hydrogens (tertiary/aromatic N) is 3. The highest BCUT2D eigenvalue weighted by Crippen LogP contribution is 2.13. The van der Waals surface area contributed by atoms with Crippen molar-refractivity contribution in [1.29, 1.82) is 0 Å². The Bertz CT molecular complexity index is 651. The van der Waals surface area contributed by atoms with Crippen LogP contribution in [0.25, 0.3) is 17.0 Å². The van der Waals surface area contributed by atoms with Gasteiger partial charge in [0.2, 0.25) is 6.39 Å². The summed E-state index contributed by atoms with van der Waals surface area (Å²) in [7, 11) is 0. The van der Waals surface area contributed by atoms with Gasteiger partial charge in [-0.15, -0.1) is 0 Å². The van der Waals surface area contributed by atoms with E-state index in [1.54, 1.807) is 24.3 Å². The molecule has 2 heterocycles. The lowest BCUT2D eigenvalue weighted by atomic mass is 10.3. The first kappa shape index (κ1) is 7.98. The molecular weight excluding hydrogens is 198 g/mol. The average Bonchev–Trinajstić information content (AvgIpc) is 2.82. The van der Waals surface area contributed by atoms with E-state index in [9.17, 15) is 4.79 Å². The molecule has 0 aliphatic heterocycles. The van der Waals surface area contributed by atoms with Crippen molar-refractivity contribution in [3.8, 4) is 5.95 Å². The minimum absolute atomic E-state index is 0.171. The molecule has 0 unspecified atom stereocenters. The second-order valence-corrected chi connectivity index (χ2v) is 2.90. The summed E-state index contributed by atoms with van der Waals surface area (Å²) < 4.78 is 10.8. The lowest BCUT2D eigenvalue weighted by Crippen LogP contribution is -2.12. The Balaban J connectivity index is 2.44. The van der Waals surface area contributed by atoms with Crippen LogP contribution in [0.1, 0.15) is 0 Å². The predicted octanol–water partition coefficient (Wildman–Crippen LogP) is 0.967. The third-order valence-corrected chi connectivity index (χ3v) is 2.04. The van der Waals surface area contributed by atoms with Gasteiger partial charge >= 0.3 is 5.76 Å². The Labute approximate surface area is 82.7 Å². The molecule has 0 N–H and O–H groups in total. The average molecular weight is 203 g/mol. The molecule has 0 radical (unpaired) electrons. The molecule has 0 saturated heterocycles. The lowest BCUT2D eigenvalue weighted by Gasteiger charge is -1.91. The van der Waals surface area contributed by atoms with Crippen molar-refractivity contribution >= 4 is 11.1 Å². The van der Waals surface area contributed by atoms with E-state index in [1.165, 1.54) is 4.57 Å². The molecule has 0 spiro atoms. The van der Waals surface area contributed by atoms with Crippen LogP contribution in [0.5, 0.6) is 0 Å². The Morgan fingerprint density at radius 1 is 1.27 bits per heavy atom. The molecule has 3 rings (SSSR count). The second kappa shape index (κ2) is 2.81. The number of aromatic nitrogens is 3. The van der Waals surface area contributed by atoms with E-state index in [0.717, 1.165) is 6.39 Å². The molecule has 15 heavy (non-hydrogen) atoms. The zero-order chi connectivity index (χ0) is 10.3. The first-order valence-corrected chi connectivity index (χ1v) is 4.23. The van der Waals surface area contributed by atoms with Gasteiger partial charge in [-0.25, -0.2) is 9.36 Å². The summed E-state index contributed by atoms with van der Waals surface area (Å²) in [5.74, 6) is -0.359. The number of hydrogen-bond donors (Lipinski definition) is 0. The Hall–Kier alpha value is -2.37. The van der Waals surface area contributed by atoms with Gasteiger partial charge in [0.15, 0.2) is 5.58 Å². The highest BCUT2D eigenvalue weighted by molar-refractivity contribution is 5.74. The first-order valence-electron chi connectivity index (χ1n) is 4.23. The summed E-state index contributed by atoms with van der Waals surface area (Å²) in [4.78, 5) is 15.3. The second-order valence-electron chi connectivity index (χ2n) is 2.90. The smallest absolute Gasteiger partial charge is 0.407 e. The van der Waals surface area contributed by atoms with Crippen LogP contribution in [-0.4, -0.2) is 14.7 Å². The third kappa shape index (κ3) is 1.08. The van der Waals surface area contributed by atoms with E-state index in [-0.39, 0.29) is 5.95 Å². The largest absolute Gasteiger partial charge is 0.427 e. The molecular formula is C9H5N3O3. The molecule has 0 fully saturated rings. The van der Waals surface area contributed by atoms with Crippen LogP contribution in [0.15, 0.2) is 44.4 Å². The van der Waals surface area contributed by atoms with Crippen LogP contribution in [0.4, 0.5) is 0 Å². The van der Waals surface area contributed by atoms with Gasteiger partial charge in [0.25, 0.3) is 5.95 Å². The molecule has 0 saturated carbocycles. The number of benzene rings is 1. The summed E-state index contributed by atoms with van der Waals surface area (Å²) in [6, 6.07) is 7.03. The normalized spacial score (nSPS) is 10.9. The fourth-order valence-electron chi connectivity index (χ4n) is 1.42. The van der Waals surface area contributed by atoms with Gasteiger partial charge in [0.1, 0.15) is 0 Å². The standard InChI is InChI=1S/C9H5N3O3/c13-9-12(8-10-5-14-11-8)6-3-1-2-4-7(6)15-9/h1-5H. The molecule has 2 aromatic heterocycles. The third-order valence-electron chi connectivity index (χ3n) is 2.04. The van der Waals surface area contributed by atoms with Crippen molar-refractivity contribution in [3.63, 3.8) is 0 Å². The molecule has 0 aliphatic carbocycles. The predicted molar refractivity (Wildman–Crippen MR) is 49.7 cm³/mol. The molecule has 0 amide bonds. The minimum Gasteiger partial charge on any atom is -0.407 e. The monoisotopic (exact) mass is 203 g/mol. The SMILES string of the molecule is O=c1oc2ccccc2n1-c1ncon1. The van der Waals surface area contributed by atoms with Gasteiger partial charge in [0, 0.05) is 0 Å². The topological polar surface area (TPSA) is 74.1 Å². The van der Waals surface area contributed by atoms with Crippen molar-refractivity contribution in [2.75, 3.05) is 0 Å². The highest BCUT2D eigenvalue weighted by Gasteiger charge is 2.13. The fraction of sp³-hybridized carbons (Fsp3) is 0. The molecule has 0 atom stereocenters. The molecule has 1 aromatic carbocycles.